The Balaban J connectivity index is 2.23. The van der Waals surface area contributed by atoms with Gasteiger partial charge in [-0.1, -0.05) is 39.0 Å². The van der Waals surface area contributed by atoms with E-state index < -0.39 is 0 Å². The van der Waals surface area contributed by atoms with Gasteiger partial charge in [-0.05, 0) is 30.3 Å². The van der Waals surface area contributed by atoms with Crippen molar-refractivity contribution < 1.29 is 4.39 Å². The average molecular weight is 278 g/mol. The molecule has 0 spiro atoms. The first-order valence-electron chi connectivity index (χ1n) is 6.41. The van der Waals surface area contributed by atoms with Crippen LogP contribution in [0.4, 0.5) is 4.39 Å². The topological polar surface area (TPSA) is 20.7 Å². The maximum absolute atomic E-state index is 13.6. The van der Waals surface area contributed by atoms with Crippen LogP contribution in [0.2, 0.25) is 0 Å². The van der Waals surface area contributed by atoms with E-state index in [0.717, 1.165) is 11.3 Å². The molecule has 102 valence electrons. The van der Waals surface area contributed by atoms with E-state index in [0.29, 0.717) is 17.7 Å². The van der Waals surface area contributed by atoms with Gasteiger partial charge in [0.05, 0.1) is 0 Å². The molecule has 1 aromatic heterocycles. The number of rotatable bonds is 3. The number of aromatic amines is 1. The second-order valence-corrected chi connectivity index (χ2v) is 6.11. The Morgan fingerprint density at radius 2 is 1.95 bits per heavy atom. The molecule has 0 fully saturated rings. The van der Waals surface area contributed by atoms with Gasteiger partial charge < -0.3 is 9.55 Å². The van der Waals surface area contributed by atoms with Crippen LogP contribution < -0.4 is 0 Å². The number of halogens is 1. The first-order chi connectivity index (χ1) is 8.89. The van der Waals surface area contributed by atoms with Gasteiger partial charge in [0.1, 0.15) is 5.82 Å². The zero-order chi connectivity index (χ0) is 14.0. The molecule has 19 heavy (non-hydrogen) atoms. The Morgan fingerprint density at radius 3 is 2.58 bits per heavy atom. The zero-order valence-corrected chi connectivity index (χ0v) is 12.4. The van der Waals surface area contributed by atoms with Crippen molar-refractivity contribution in [1.29, 1.82) is 0 Å². The number of aromatic nitrogens is 2. The van der Waals surface area contributed by atoms with Gasteiger partial charge in [-0.15, -0.1) is 0 Å². The minimum atomic E-state index is -0.151. The molecule has 1 aromatic carbocycles. The largest absolute Gasteiger partial charge is 0.337 e. The molecule has 0 saturated heterocycles. The normalized spacial score (nSPS) is 11.8. The molecule has 0 amide bonds. The van der Waals surface area contributed by atoms with Gasteiger partial charge in [0.25, 0.3) is 0 Å². The van der Waals surface area contributed by atoms with Crippen LogP contribution in [-0.2, 0) is 18.4 Å². The Morgan fingerprint density at radius 1 is 1.26 bits per heavy atom. The van der Waals surface area contributed by atoms with Gasteiger partial charge in [0.15, 0.2) is 4.77 Å². The molecule has 0 bridgehead atoms. The molecule has 0 unspecified atom stereocenters. The molecule has 2 rings (SSSR count). The Kier molecular flexibility index (Phi) is 3.90. The summed E-state index contributed by atoms with van der Waals surface area (Å²) in [6.07, 6.45) is 2.59. The molecule has 0 aliphatic rings. The predicted molar refractivity (Wildman–Crippen MR) is 78.4 cm³/mol. The first-order valence-corrected chi connectivity index (χ1v) is 6.82. The minimum Gasteiger partial charge on any atom is -0.337 e. The summed E-state index contributed by atoms with van der Waals surface area (Å²) < 4.78 is 16.4. The van der Waals surface area contributed by atoms with E-state index in [9.17, 15) is 4.39 Å². The number of hydrogen-bond acceptors (Lipinski definition) is 1. The highest BCUT2D eigenvalue weighted by molar-refractivity contribution is 7.71. The van der Waals surface area contributed by atoms with Crippen LogP contribution in [-0.4, -0.2) is 9.55 Å². The standard InChI is InChI=1S/C15H19FN2S/c1-15(2,3)13-10-17-14(19)18(13)9-8-11-6-4-5-7-12(11)16/h4-7,10H,8-9H2,1-3H3,(H,17,19). The molecule has 0 aliphatic carbocycles. The first kappa shape index (κ1) is 14.0. The van der Waals surface area contributed by atoms with E-state index in [1.807, 2.05) is 18.3 Å². The fourth-order valence-electron chi connectivity index (χ4n) is 2.17. The number of hydrogen-bond donors (Lipinski definition) is 1. The smallest absolute Gasteiger partial charge is 0.177 e. The van der Waals surface area contributed by atoms with E-state index in [1.165, 1.54) is 6.07 Å². The van der Waals surface area contributed by atoms with Crippen molar-refractivity contribution in [2.24, 2.45) is 0 Å². The maximum Gasteiger partial charge on any atom is 0.177 e. The van der Waals surface area contributed by atoms with E-state index in [4.69, 9.17) is 12.2 Å². The molecule has 4 heteroatoms. The summed E-state index contributed by atoms with van der Waals surface area (Å²) in [4.78, 5) is 3.08. The number of aryl methyl sites for hydroxylation is 1. The summed E-state index contributed by atoms with van der Waals surface area (Å²) in [5.41, 5.74) is 1.89. The summed E-state index contributed by atoms with van der Waals surface area (Å²) in [5, 5.41) is 0. The van der Waals surface area contributed by atoms with Crippen LogP contribution in [0.3, 0.4) is 0 Å². The highest BCUT2D eigenvalue weighted by atomic mass is 32.1. The average Bonchev–Trinajstić information content (AvgIpc) is 2.69. The van der Waals surface area contributed by atoms with E-state index in [2.05, 4.69) is 30.3 Å². The minimum absolute atomic E-state index is 0.0167. The van der Waals surface area contributed by atoms with Crippen LogP contribution >= 0.6 is 12.2 Å². The van der Waals surface area contributed by atoms with Crippen LogP contribution in [0, 0.1) is 10.6 Å². The second-order valence-electron chi connectivity index (χ2n) is 5.72. The van der Waals surface area contributed by atoms with E-state index >= 15 is 0 Å². The van der Waals surface area contributed by atoms with Crippen LogP contribution in [0.25, 0.3) is 0 Å². The number of H-pyrrole nitrogens is 1. The lowest BCUT2D eigenvalue weighted by Gasteiger charge is -2.20. The zero-order valence-electron chi connectivity index (χ0n) is 11.5. The molecule has 1 N–H and O–H groups in total. The fourth-order valence-corrected chi connectivity index (χ4v) is 2.42. The molecule has 0 radical (unpaired) electrons. The maximum atomic E-state index is 13.6. The third kappa shape index (κ3) is 3.13. The SMILES string of the molecule is CC(C)(C)c1c[nH]c(=S)n1CCc1ccccc1F. The van der Waals surface area contributed by atoms with Gasteiger partial charge in [-0.25, -0.2) is 4.39 Å². The number of nitrogens with one attached hydrogen (secondary N) is 1. The van der Waals surface area contributed by atoms with Gasteiger partial charge in [-0.2, -0.15) is 0 Å². The van der Waals surface area contributed by atoms with Crippen LogP contribution in [0.15, 0.2) is 30.5 Å². The van der Waals surface area contributed by atoms with Crippen molar-refractivity contribution in [3.05, 3.63) is 52.3 Å². The Hall–Kier alpha value is -1.42. The van der Waals surface area contributed by atoms with Gasteiger partial charge in [-0.3, -0.25) is 0 Å². The summed E-state index contributed by atoms with van der Waals surface area (Å²) in [5.74, 6) is -0.151. The van der Waals surface area contributed by atoms with Crippen molar-refractivity contribution in [3.63, 3.8) is 0 Å². The molecule has 0 aliphatic heterocycles. The lowest BCUT2D eigenvalue weighted by molar-refractivity contribution is 0.509. The van der Waals surface area contributed by atoms with Crippen LogP contribution in [0.1, 0.15) is 32.0 Å². The van der Waals surface area contributed by atoms with Crippen molar-refractivity contribution >= 4 is 12.2 Å². The van der Waals surface area contributed by atoms with Gasteiger partial charge in [0, 0.05) is 23.9 Å². The molecular formula is C15H19FN2S. The van der Waals surface area contributed by atoms with Crippen molar-refractivity contribution in [2.45, 2.75) is 39.2 Å². The monoisotopic (exact) mass is 278 g/mol. The third-order valence-corrected chi connectivity index (χ3v) is 3.54. The number of imidazole rings is 1. The van der Waals surface area contributed by atoms with E-state index in [-0.39, 0.29) is 11.2 Å². The highest BCUT2D eigenvalue weighted by Crippen LogP contribution is 2.22. The third-order valence-electron chi connectivity index (χ3n) is 3.20. The fraction of sp³-hybridized carbons (Fsp3) is 0.400. The van der Waals surface area contributed by atoms with Crippen molar-refractivity contribution in [2.75, 3.05) is 0 Å². The second kappa shape index (κ2) is 5.29. The lowest BCUT2D eigenvalue weighted by atomic mass is 9.92. The molecule has 2 aromatic rings. The molecular weight excluding hydrogens is 259 g/mol. The summed E-state index contributed by atoms with van der Waals surface area (Å²) in [7, 11) is 0. The molecule has 2 nitrogen and oxygen atoms in total. The summed E-state index contributed by atoms with van der Waals surface area (Å²) >= 11 is 5.30. The lowest BCUT2D eigenvalue weighted by Crippen LogP contribution is -2.18. The molecule has 0 atom stereocenters. The summed E-state index contributed by atoms with van der Waals surface area (Å²) in [6, 6.07) is 6.89. The Labute approximate surface area is 118 Å². The predicted octanol–water partition coefficient (Wildman–Crippen LogP) is 4.22. The highest BCUT2D eigenvalue weighted by Gasteiger charge is 2.19. The summed E-state index contributed by atoms with van der Waals surface area (Å²) in [6.45, 7) is 7.12. The van der Waals surface area contributed by atoms with Gasteiger partial charge >= 0.3 is 0 Å². The van der Waals surface area contributed by atoms with Crippen molar-refractivity contribution in [3.8, 4) is 0 Å². The van der Waals surface area contributed by atoms with Crippen LogP contribution in [0.5, 0.6) is 0 Å². The van der Waals surface area contributed by atoms with Gasteiger partial charge in [0.2, 0.25) is 0 Å². The quantitative estimate of drug-likeness (QED) is 0.833. The van der Waals surface area contributed by atoms with Crippen molar-refractivity contribution in [1.82, 2.24) is 9.55 Å². The van der Waals surface area contributed by atoms with E-state index in [1.54, 1.807) is 6.07 Å². The molecule has 0 saturated carbocycles. The number of nitrogens with zero attached hydrogens (tertiary/aromatic N) is 1. The molecule has 1 heterocycles. The number of benzene rings is 1. The Bertz CT molecular complexity index is 620.